The van der Waals surface area contributed by atoms with Gasteiger partial charge < -0.3 is 15.0 Å². The van der Waals surface area contributed by atoms with Crippen LogP contribution in [0.1, 0.15) is 54.2 Å². The predicted octanol–water partition coefficient (Wildman–Crippen LogP) is 3.50. The summed E-state index contributed by atoms with van der Waals surface area (Å²) in [6.07, 6.45) is 1.96. The van der Waals surface area contributed by atoms with E-state index in [0.717, 1.165) is 42.5 Å². The van der Waals surface area contributed by atoms with Crippen LogP contribution in [0.25, 0.3) is 10.9 Å². The molecule has 0 atom stereocenters. The summed E-state index contributed by atoms with van der Waals surface area (Å²) in [5.41, 5.74) is 3.49. The van der Waals surface area contributed by atoms with Crippen LogP contribution in [0.4, 0.5) is 0 Å². The lowest BCUT2D eigenvalue weighted by molar-refractivity contribution is 0.0918. The van der Waals surface area contributed by atoms with E-state index < -0.39 is 0 Å². The summed E-state index contributed by atoms with van der Waals surface area (Å²) in [7, 11) is 3.75. The van der Waals surface area contributed by atoms with E-state index in [1.165, 1.54) is 5.56 Å². The van der Waals surface area contributed by atoms with Crippen LogP contribution in [0.3, 0.4) is 0 Å². The third kappa shape index (κ3) is 3.83. The number of nitrogens with one attached hydrogen (secondary N) is 1. The Morgan fingerprint density at radius 2 is 1.96 bits per heavy atom. The number of benzene rings is 1. The summed E-state index contributed by atoms with van der Waals surface area (Å²) in [6, 6.07) is 6.12. The van der Waals surface area contributed by atoms with Crippen molar-refractivity contribution in [3.8, 4) is 5.75 Å². The highest BCUT2D eigenvalue weighted by atomic mass is 16.5. The largest absolute Gasteiger partial charge is 0.497 e. The van der Waals surface area contributed by atoms with Crippen molar-refractivity contribution in [2.75, 3.05) is 27.2 Å². The number of rotatable bonds is 4. The van der Waals surface area contributed by atoms with E-state index in [0.29, 0.717) is 17.2 Å². The molecule has 0 radical (unpaired) electrons. The van der Waals surface area contributed by atoms with Crippen LogP contribution in [-0.2, 0) is 0 Å². The molecule has 26 heavy (non-hydrogen) atoms. The second-order valence-electron chi connectivity index (χ2n) is 7.63. The quantitative estimate of drug-likeness (QED) is 0.912. The SMILES string of the molecule is COc1cc(C(=O)NC2CCN(C)CC2)c2nc(C)cc(C(C)C)c2c1. The Balaban J connectivity index is 2.02. The number of pyridine rings is 1. The van der Waals surface area contributed by atoms with Crippen LogP contribution < -0.4 is 10.1 Å². The van der Waals surface area contributed by atoms with Crippen molar-refractivity contribution >= 4 is 16.8 Å². The molecular formula is C21H29N3O2. The van der Waals surface area contributed by atoms with Gasteiger partial charge in [0.2, 0.25) is 0 Å². The molecule has 2 aromatic rings. The molecule has 5 heteroatoms. The Hall–Kier alpha value is -2.14. The summed E-state index contributed by atoms with van der Waals surface area (Å²) in [4.78, 5) is 20.0. The van der Waals surface area contributed by atoms with Crippen molar-refractivity contribution in [2.45, 2.75) is 45.6 Å². The van der Waals surface area contributed by atoms with Crippen molar-refractivity contribution in [2.24, 2.45) is 0 Å². The summed E-state index contributed by atoms with van der Waals surface area (Å²) in [6.45, 7) is 8.32. The van der Waals surface area contributed by atoms with Gasteiger partial charge in [0.15, 0.2) is 0 Å². The van der Waals surface area contributed by atoms with Gasteiger partial charge in [-0.1, -0.05) is 13.8 Å². The van der Waals surface area contributed by atoms with Crippen LogP contribution in [0.2, 0.25) is 0 Å². The van der Waals surface area contributed by atoms with E-state index in [2.05, 4.69) is 37.2 Å². The molecule has 1 N–H and O–H groups in total. The minimum atomic E-state index is -0.0590. The van der Waals surface area contributed by atoms with Crippen molar-refractivity contribution in [1.29, 1.82) is 0 Å². The highest BCUT2D eigenvalue weighted by molar-refractivity contribution is 6.07. The van der Waals surface area contributed by atoms with Crippen molar-refractivity contribution in [3.05, 3.63) is 35.0 Å². The normalized spacial score (nSPS) is 16.2. The first-order valence-electron chi connectivity index (χ1n) is 9.37. The molecule has 1 fully saturated rings. The molecule has 1 aromatic carbocycles. The number of ether oxygens (including phenoxy) is 1. The van der Waals surface area contributed by atoms with E-state index >= 15 is 0 Å². The molecule has 1 aromatic heterocycles. The number of carbonyl (C=O) groups excluding carboxylic acids is 1. The zero-order valence-electron chi connectivity index (χ0n) is 16.4. The number of nitrogens with zero attached hydrogens (tertiary/aromatic N) is 2. The molecule has 0 bridgehead atoms. The molecule has 0 unspecified atom stereocenters. The average Bonchev–Trinajstić information content (AvgIpc) is 2.61. The lowest BCUT2D eigenvalue weighted by atomic mass is 9.95. The fraction of sp³-hybridized carbons (Fsp3) is 0.524. The van der Waals surface area contributed by atoms with Gasteiger partial charge in [0.05, 0.1) is 18.2 Å². The summed E-state index contributed by atoms with van der Waals surface area (Å²) in [5, 5.41) is 4.20. The van der Waals surface area contributed by atoms with Crippen LogP contribution in [0.15, 0.2) is 18.2 Å². The topological polar surface area (TPSA) is 54.5 Å². The zero-order chi connectivity index (χ0) is 18.8. The standard InChI is InChI=1S/C21H29N3O2/c1-13(2)17-10-14(3)22-20-18(17)11-16(26-5)12-19(20)21(25)23-15-6-8-24(4)9-7-15/h10-13,15H,6-9H2,1-5H3,(H,23,25). The number of carbonyl (C=O) groups is 1. The van der Waals surface area contributed by atoms with E-state index in [1.807, 2.05) is 19.1 Å². The Kier molecular flexibility index (Phi) is 5.47. The summed E-state index contributed by atoms with van der Waals surface area (Å²) in [5.74, 6) is 0.978. The molecule has 0 aliphatic carbocycles. The van der Waals surface area contributed by atoms with E-state index in [1.54, 1.807) is 7.11 Å². The maximum absolute atomic E-state index is 13.0. The number of fused-ring (bicyclic) bond motifs is 1. The van der Waals surface area contributed by atoms with Crippen LogP contribution in [0, 0.1) is 6.92 Å². The number of methoxy groups -OCH3 is 1. The third-order valence-corrected chi connectivity index (χ3v) is 5.20. The molecule has 1 amide bonds. The van der Waals surface area contributed by atoms with Crippen LogP contribution in [-0.4, -0.2) is 49.1 Å². The molecule has 1 aliphatic rings. The number of amides is 1. The molecule has 5 nitrogen and oxygen atoms in total. The molecule has 140 valence electrons. The van der Waals surface area contributed by atoms with Gasteiger partial charge in [0.1, 0.15) is 5.75 Å². The van der Waals surface area contributed by atoms with Gasteiger partial charge in [-0.05, 0) is 69.6 Å². The summed E-state index contributed by atoms with van der Waals surface area (Å²) >= 11 is 0. The van der Waals surface area contributed by atoms with Gasteiger partial charge in [0.25, 0.3) is 5.91 Å². The minimum Gasteiger partial charge on any atom is -0.497 e. The summed E-state index contributed by atoms with van der Waals surface area (Å²) < 4.78 is 5.47. The Morgan fingerprint density at radius 1 is 1.27 bits per heavy atom. The van der Waals surface area contributed by atoms with Gasteiger partial charge in [-0.3, -0.25) is 9.78 Å². The number of aryl methyl sites for hydroxylation is 1. The first kappa shape index (κ1) is 18.6. The Bertz CT molecular complexity index is 808. The monoisotopic (exact) mass is 355 g/mol. The van der Waals surface area contributed by atoms with Gasteiger partial charge in [0, 0.05) is 17.1 Å². The lowest BCUT2D eigenvalue weighted by Crippen LogP contribution is -2.43. The Morgan fingerprint density at radius 3 is 2.58 bits per heavy atom. The highest BCUT2D eigenvalue weighted by Gasteiger charge is 2.22. The van der Waals surface area contributed by atoms with E-state index in [-0.39, 0.29) is 11.9 Å². The highest BCUT2D eigenvalue weighted by Crippen LogP contribution is 2.31. The number of hydrogen-bond acceptors (Lipinski definition) is 4. The fourth-order valence-electron chi connectivity index (χ4n) is 3.64. The van der Waals surface area contributed by atoms with Crippen LogP contribution in [0.5, 0.6) is 5.75 Å². The van der Waals surface area contributed by atoms with Gasteiger partial charge in [-0.25, -0.2) is 0 Å². The predicted molar refractivity (Wildman–Crippen MR) is 105 cm³/mol. The van der Waals surface area contributed by atoms with E-state index in [4.69, 9.17) is 9.72 Å². The third-order valence-electron chi connectivity index (χ3n) is 5.20. The second-order valence-corrected chi connectivity index (χ2v) is 7.63. The zero-order valence-corrected chi connectivity index (χ0v) is 16.4. The smallest absolute Gasteiger partial charge is 0.253 e. The molecule has 1 aliphatic heterocycles. The van der Waals surface area contributed by atoms with Gasteiger partial charge in [-0.15, -0.1) is 0 Å². The number of aromatic nitrogens is 1. The minimum absolute atomic E-state index is 0.0590. The maximum atomic E-state index is 13.0. The van der Waals surface area contributed by atoms with Crippen LogP contribution >= 0.6 is 0 Å². The molecule has 1 saturated heterocycles. The molecule has 0 saturated carbocycles. The lowest BCUT2D eigenvalue weighted by Gasteiger charge is -2.29. The number of likely N-dealkylation sites (tertiary alicyclic amines) is 1. The Labute approximate surface area is 155 Å². The van der Waals surface area contributed by atoms with Crippen molar-refractivity contribution in [1.82, 2.24) is 15.2 Å². The average molecular weight is 355 g/mol. The first-order valence-corrected chi connectivity index (χ1v) is 9.37. The first-order chi connectivity index (χ1) is 12.4. The van der Waals surface area contributed by atoms with Crippen molar-refractivity contribution in [3.63, 3.8) is 0 Å². The van der Waals surface area contributed by atoms with Gasteiger partial charge >= 0.3 is 0 Å². The fourth-order valence-corrected chi connectivity index (χ4v) is 3.64. The maximum Gasteiger partial charge on any atom is 0.253 e. The van der Waals surface area contributed by atoms with Crippen molar-refractivity contribution < 1.29 is 9.53 Å². The van der Waals surface area contributed by atoms with Gasteiger partial charge in [-0.2, -0.15) is 0 Å². The molecule has 2 heterocycles. The number of piperidine rings is 1. The number of hydrogen-bond donors (Lipinski definition) is 1. The van der Waals surface area contributed by atoms with E-state index in [9.17, 15) is 4.79 Å². The molecule has 0 spiro atoms. The molecule has 3 rings (SSSR count). The second kappa shape index (κ2) is 7.62. The molecular weight excluding hydrogens is 326 g/mol.